The number of anilines is 1. The van der Waals surface area contributed by atoms with E-state index in [4.69, 9.17) is 15.0 Å². The van der Waals surface area contributed by atoms with Crippen LogP contribution in [0.15, 0.2) is 39.8 Å². The van der Waals surface area contributed by atoms with E-state index in [1.54, 1.807) is 0 Å². The van der Waals surface area contributed by atoms with Crippen LogP contribution in [-0.2, 0) is 6.54 Å². The monoisotopic (exact) mass is 344 g/mol. The first-order valence-corrected chi connectivity index (χ1v) is 8.80. The molecule has 136 valence electrons. The van der Waals surface area contributed by atoms with Gasteiger partial charge in [-0.1, -0.05) is 19.0 Å². The fourth-order valence-corrected chi connectivity index (χ4v) is 2.54. The van der Waals surface area contributed by atoms with Gasteiger partial charge in [-0.2, -0.15) is 0 Å². The lowest BCUT2D eigenvalue weighted by atomic mass is 9.99. The number of guanidine groups is 1. The molecule has 25 heavy (non-hydrogen) atoms. The van der Waals surface area contributed by atoms with Crippen molar-refractivity contribution in [2.45, 2.75) is 59.1 Å². The predicted octanol–water partition coefficient (Wildman–Crippen LogP) is 4.29. The van der Waals surface area contributed by atoms with E-state index in [9.17, 15) is 0 Å². The number of aromatic nitrogens is 1. The Labute approximate surface area is 149 Å². The van der Waals surface area contributed by atoms with Gasteiger partial charge in [-0.15, -0.1) is 0 Å². The Morgan fingerprint density at radius 3 is 2.52 bits per heavy atom. The van der Waals surface area contributed by atoms with E-state index in [0.29, 0.717) is 24.2 Å². The molecule has 3 N–H and O–H groups in total. The number of ether oxygens (including phenoxy) is 1. The average molecular weight is 344 g/mol. The van der Waals surface area contributed by atoms with Crippen LogP contribution in [0.25, 0.3) is 0 Å². The van der Waals surface area contributed by atoms with Crippen LogP contribution in [0.1, 0.15) is 57.9 Å². The smallest absolute Gasteiger partial charge is 0.193 e. The second-order valence-electron chi connectivity index (χ2n) is 6.25. The molecule has 2 aromatic rings. The van der Waals surface area contributed by atoms with Crippen molar-refractivity contribution in [3.05, 3.63) is 41.8 Å². The summed E-state index contributed by atoms with van der Waals surface area (Å²) in [6, 6.07) is 9.56. The van der Waals surface area contributed by atoms with E-state index in [1.165, 1.54) is 0 Å². The van der Waals surface area contributed by atoms with Gasteiger partial charge in [0, 0.05) is 17.7 Å². The molecule has 0 saturated carbocycles. The van der Waals surface area contributed by atoms with E-state index in [0.717, 1.165) is 30.0 Å². The van der Waals surface area contributed by atoms with Gasteiger partial charge in [0.25, 0.3) is 0 Å². The first-order chi connectivity index (χ1) is 12.0. The highest BCUT2D eigenvalue weighted by Gasteiger charge is 2.12. The van der Waals surface area contributed by atoms with Gasteiger partial charge in [-0.25, -0.2) is 4.99 Å². The maximum Gasteiger partial charge on any atom is 0.193 e. The molecule has 0 aliphatic carbocycles. The minimum absolute atomic E-state index is 0.150. The van der Waals surface area contributed by atoms with Gasteiger partial charge in [0.15, 0.2) is 11.7 Å². The summed E-state index contributed by atoms with van der Waals surface area (Å²) in [5, 5.41) is 7.19. The molecule has 6 nitrogen and oxygen atoms in total. The first kappa shape index (κ1) is 18.8. The molecule has 0 spiro atoms. The molecule has 0 aliphatic rings. The Morgan fingerprint density at radius 2 is 1.92 bits per heavy atom. The minimum Gasteiger partial charge on any atom is -0.491 e. The van der Waals surface area contributed by atoms with Crippen LogP contribution in [0.3, 0.4) is 0 Å². The van der Waals surface area contributed by atoms with E-state index >= 15 is 0 Å². The fourth-order valence-electron chi connectivity index (χ4n) is 2.54. The third kappa shape index (κ3) is 5.81. The van der Waals surface area contributed by atoms with Crippen molar-refractivity contribution in [1.82, 2.24) is 5.16 Å². The van der Waals surface area contributed by atoms with Crippen molar-refractivity contribution in [2.24, 2.45) is 10.7 Å². The summed E-state index contributed by atoms with van der Waals surface area (Å²) in [7, 11) is 0. The molecule has 1 aromatic heterocycles. The Kier molecular flexibility index (Phi) is 6.86. The Hall–Kier alpha value is -2.50. The molecule has 0 amide bonds. The Bertz CT molecular complexity index is 673. The molecule has 0 aliphatic heterocycles. The zero-order valence-electron chi connectivity index (χ0n) is 15.5. The molecule has 0 fully saturated rings. The standard InChI is InChI=1S/C19H28N4O2/c1-5-14(6-2)18-11-17(25-23-18)12-21-19(20)22-15-7-9-16(10-8-15)24-13(3)4/h7-11,13-14H,5-6,12H2,1-4H3,(H3,20,21,22). The van der Waals surface area contributed by atoms with Gasteiger partial charge in [-0.3, -0.25) is 0 Å². The molecule has 0 atom stereocenters. The number of nitrogens with zero attached hydrogens (tertiary/aromatic N) is 2. The largest absolute Gasteiger partial charge is 0.491 e. The SMILES string of the molecule is CCC(CC)c1cc(CN=C(N)Nc2ccc(OC(C)C)cc2)on1. The number of aliphatic imine (C=N–C) groups is 1. The highest BCUT2D eigenvalue weighted by molar-refractivity contribution is 5.92. The quantitative estimate of drug-likeness (QED) is 0.551. The number of hydrogen-bond acceptors (Lipinski definition) is 4. The van der Waals surface area contributed by atoms with Crippen LogP contribution in [-0.4, -0.2) is 17.2 Å². The van der Waals surface area contributed by atoms with Gasteiger partial charge in [-0.05, 0) is 51.0 Å². The highest BCUT2D eigenvalue weighted by Crippen LogP contribution is 2.22. The topological polar surface area (TPSA) is 85.7 Å². The molecule has 0 saturated heterocycles. The zero-order valence-corrected chi connectivity index (χ0v) is 15.5. The van der Waals surface area contributed by atoms with E-state index < -0.39 is 0 Å². The summed E-state index contributed by atoms with van der Waals surface area (Å²) in [6.07, 6.45) is 2.25. The van der Waals surface area contributed by atoms with Crippen molar-refractivity contribution in [1.29, 1.82) is 0 Å². The molecule has 1 aromatic carbocycles. The summed E-state index contributed by atoms with van der Waals surface area (Å²) < 4.78 is 11.0. The third-order valence-corrected chi connectivity index (χ3v) is 3.88. The van der Waals surface area contributed by atoms with E-state index in [2.05, 4.69) is 29.3 Å². The lowest BCUT2D eigenvalue weighted by Crippen LogP contribution is -2.22. The van der Waals surface area contributed by atoms with Crippen molar-refractivity contribution in [3.63, 3.8) is 0 Å². The van der Waals surface area contributed by atoms with E-state index in [1.807, 2.05) is 44.2 Å². The number of nitrogens with one attached hydrogen (secondary N) is 1. The predicted molar refractivity (Wildman–Crippen MR) is 101 cm³/mol. The normalized spacial score (nSPS) is 12.0. The van der Waals surface area contributed by atoms with Crippen molar-refractivity contribution < 1.29 is 9.26 Å². The lowest BCUT2D eigenvalue weighted by Gasteiger charge is -2.10. The minimum atomic E-state index is 0.150. The second-order valence-corrected chi connectivity index (χ2v) is 6.25. The molecule has 1 heterocycles. The summed E-state index contributed by atoms with van der Waals surface area (Å²) in [5.41, 5.74) is 7.78. The molecular formula is C19H28N4O2. The summed E-state index contributed by atoms with van der Waals surface area (Å²) in [6.45, 7) is 8.66. The maximum absolute atomic E-state index is 5.94. The number of nitrogens with two attached hydrogens (primary N) is 1. The van der Waals surface area contributed by atoms with Crippen molar-refractivity contribution >= 4 is 11.6 Å². The summed E-state index contributed by atoms with van der Waals surface area (Å²) in [5.74, 6) is 2.31. The van der Waals surface area contributed by atoms with Crippen LogP contribution >= 0.6 is 0 Å². The molecule has 0 unspecified atom stereocenters. The lowest BCUT2D eigenvalue weighted by molar-refractivity contribution is 0.242. The number of benzene rings is 1. The van der Waals surface area contributed by atoms with Crippen LogP contribution in [0.4, 0.5) is 5.69 Å². The van der Waals surface area contributed by atoms with Crippen LogP contribution in [0.2, 0.25) is 0 Å². The van der Waals surface area contributed by atoms with Gasteiger partial charge in [0.1, 0.15) is 12.3 Å². The van der Waals surface area contributed by atoms with Gasteiger partial charge in [0.05, 0.1) is 11.8 Å². The van der Waals surface area contributed by atoms with Gasteiger partial charge >= 0.3 is 0 Å². The van der Waals surface area contributed by atoms with Crippen LogP contribution in [0, 0.1) is 0 Å². The number of rotatable bonds is 8. The summed E-state index contributed by atoms with van der Waals surface area (Å²) >= 11 is 0. The van der Waals surface area contributed by atoms with Crippen LogP contribution < -0.4 is 15.8 Å². The molecule has 2 rings (SSSR count). The van der Waals surface area contributed by atoms with E-state index in [-0.39, 0.29) is 6.10 Å². The molecule has 0 bridgehead atoms. The number of hydrogen-bond donors (Lipinski definition) is 2. The summed E-state index contributed by atoms with van der Waals surface area (Å²) in [4.78, 5) is 4.30. The Balaban J connectivity index is 1.91. The zero-order chi connectivity index (χ0) is 18.2. The fraction of sp³-hybridized carbons (Fsp3) is 0.474. The van der Waals surface area contributed by atoms with Crippen LogP contribution in [0.5, 0.6) is 5.75 Å². The van der Waals surface area contributed by atoms with Gasteiger partial charge < -0.3 is 20.3 Å². The van der Waals surface area contributed by atoms with Gasteiger partial charge in [0.2, 0.25) is 0 Å². The van der Waals surface area contributed by atoms with Crippen molar-refractivity contribution in [3.8, 4) is 5.75 Å². The second kappa shape index (κ2) is 9.11. The Morgan fingerprint density at radius 1 is 1.24 bits per heavy atom. The third-order valence-electron chi connectivity index (χ3n) is 3.88. The average Bonchev–Trinajstić information content (AvgIpc) is 3.04. The molecular weight excluding hydrogens is 316 g/mol. The first-order valence-electron chi connectivity index (χ1n) is 8.80. The highest BCUT2D eigenvalue weighted by atomic mass is 16.5. The maximum atomic E-state index is 5.94. The molecule has 6 heteroatoms. The van der Waals surface area contributed by atoms with Crippen molar-refractivity contribution in [2.75, 3.05) is 5.32 Å². The molecule has 0 radical (unpaired) electrons.